The molecular formula is C24H26F2N6O2. The molecule has 0 radical (unpaired) electrons. The lowest BCUT2D eigenvalue weighted by Crippen LogP contribution is -2.32. The van der Waals surface area contributed by atoms with E-state index in [1.807, 2.05) is 12.1 Å². The maximum absolute atomic E-state index is 13.8. The highest BCUT2D eigenvalue weighted by Gasteiger charge is 2.41. The van der Waals surface area contributed by atoms with Gasteiger partial charge >= 0.3 is 0 Å². The van der Waals surface area contributed by atoms with Gasteiger partial charge in [0.25, 0.3) is 11.8 Å². The number of aromatic nitrogens is 1. The molecule has 34 heavy (non-hydrogen) atoms. The lowest BCUT2D eigenvalue weighted by molar-refractivity contribution is -0.116. The highest BCUT2D eigenvalue weighted by atomic mass is 19.3. The molecule has 2 amide bonds. The Morgan fingerprint density at radius 1 is 1.12 bits per heavy atom. The zero-order chi connectivity index (χ0) is 24.5. The summed E-state index contributed by atoms with van der Waals surface area (Å²) in [4.78, 5) is 26.2. The highest BCUT2D eigenvalue weighted by molar-refractivity contribution is 6.02. The Kier molecular flexibility index (Phi) is 6.34. The van der Waals surface area contributed by atoms with Crippen molar-refractivity contribution in [3.05, 3.63) is 65.4 Å². The molecule has 8 nitrogen and oxygen atoms in total. The minimum atomic E-state index is -2.89. The van der Waals surface area contributed by atoms with Gasteiger partial charge in [-0.2, -0.15) is 0 Å². The van der Waals surface area contributed by atoms with Crippen molar-refractivity contribution in [2.75, 3.05) is 25.0 Å². The summed E-state index contributed by atoms with van der Waals surface area (Å²) >= 11 is 0. The molecule has 4 rings (SSSR count). The lowest BCUT2D eigenvalue weighted by atomic mass is 10.1. The first-order chi connectivity index (χ1) is 16.2. The number of amides is 2. The number of hydrogen-bond donors (Lipinski definition) is 4. The van der Waals surface area contributed by atoms with Crippen molar-refractivity contribution in [2.45, 2.75) is 25.3 Å². The molecular weight excluding hydrogens is 442 g/mol. The minimum absolute atomic E-state index is 0.0107. The summed E-state index contributed by atoms with van der Waals surface area (Å²) in [6.07, 6.45) is -0.138. The van der Waals surface area contributed by atoms with Crippen LogP contribution in [-0.4, -0.2) is 52.7 Å². The van der Waals surface area contributed by atoms with Gasteiger partial charge in [0.15, 0.2) is 0 Å². The number of nitrogen functional groups attached to an aromatic ring is 1. The fourth-order valence-electron chi connectivity index (χ4n) is 4.07. The molecule has 6 N–H and O–H groups in total. The fourth-order valence-corrected chi connectivity index (χ4v) is 4.07. The predicted molar refractivity (Wildman–Crippen MR) is 126 cm³/mol. The van der Waals surface area contributed by atoms with Crippen LogP contribution in [-0.2, 0) is 11.3 Å². The first kappa shape index (κ1) is 23.4. The predicted octanol–water partition coefficient (Wildman–Crippen LogP) is 2.74. The van der Waals surface area contributed by atoms with Crippen LogP contribution >= 0.6 is 0 Å². The maximum Gasteiger partial charge on any atom is 0.270 e. The number of benzene rings is 2. The second-order valence-corrected chi connectivity index (χ2v) is 8.42. The number of anilines is 1. The largest absolute Gasteiger partial charge is 0.384 e. The van der Waals surface area contributed by atoms with Crippen molar-refractivity contribution in [3.63, 3.8) is 0 Å². The molecule has 0 aliphatic carbocycles. The van der Waals surface area contributed by atoms with Crippen molar-refractivity contribution in [2.24, 2.45) is 11.5 Å². The molecule has 3 aromatic rings. The van der Waals surface area contributed by atoms with E-state index in [2.05, 4.69) is 5.32 Å². The molecule has 0 atom stereocenters. The maximum atomic E-state index is 13.8. The topological polar surface area (TPSA) is 130 Å². The molecule has 0 spiro atoms. The van der Waals surface area contributed by atoms with E-state index in [4.69, 9.17) is 16.9 Å². The number of carbonyl (C=O) groups is 2. The zero-order valence-corrected chi connectivity index (χ0v) is 18.5. The number of hydrogen-bond acceptors (Lipinski definition) is 4. The Balaban J connectivity index is 1.68. The van der Waals surface area contributed by atoms with Crippen LogP contribution in [0.2, 0.25) is 0 Å². The number of fused-ring (bicyclic) bond motifs is 1. The number of carbonyl (C=O) groups excluding carboxylic acids is 2. The molecule has 0 bridgehead atoms. The number of nitrogens with two attached hydrogens (primary N) is 2. The summed E-state index contributed by atoms with van der Waals surface area (Å²) in [7, 11) is 0. The van der Waals surface area contributed by atoms with E-state index >= 15 is 0 Å². The van der Waals surface area contributed by atoms with Gasteiger partial charge in [0.1, 0.15) is 11.5 Å². The van der Waals surface area contributed by atoms with Gasteiger partial charge in [0.2, 0.25) is 5.91 Å². The molecule has 1 aromatic heterocycles. The minimum Gasteiger partial charge on any atom is -0.384 e. The molecule has 178 valence electrons. The Bertz CT molecular complexity index is 1250. The van der Waals surface area contributed by atoms with Gasteiger partial charge in [0, 0.05) is 54.6 Å². The van der Waals surface area contributed by atoms with Gasteiger partial charge < -0.3 is 26.3 Å². The summed E-state index contributed by atoms with van der Waals surface area (Å²) in [5, 5.41) is 11.2. The van der Waals surface area contributed by atoms with Crippen molar-refractivity contribution >= 4 is 34.2 Å². The molecule has 2 heterocycles. The third-order valence-electron chi connectivity index (χ3n) is 5.84. The molecule has 1 aliphatic heterocycles. The van der Waals surface area contributed by atoms with Gasteiger partial charge in [-0.3, -0.25) is 15.0 Å². The molecule has 0 saturated carbocycles. The van der Waals surface area contributed by atoms with Crippen LogP contribution in [0.5, 0.6) is 0 Å². The summed E-state index contributed by atoms with van der Waals surface area (Å²) in [6.45, 7) is -0.0771. The zero-order valence-electron chi connectivity index (χ0n) is 18.5. The number of likely N-dealkylation sites (tertiary alicyclic amines) is 1. The Hall–Kier alpha value is -3.79. The number of nitrogens with one attached hydrogen (secondary N) is 2. The number of nitrogens with zero attached hydrogens (tertiary/aromatic N) is 2. The Morgan fingerprint density at radius 3 is 2.47 bits per heavy atom. The van der Waals surface area contributed by atoms with E-state index in [-0.39, 0.29) is 49.9 Å². The van der Waals surface area contributed by atoms with Crippen molar-refractivity contribution in [3.8, 4) is 0 Å². The second kappa shape index (κ2) is 9.22. The summed E-state index contributed by atoms with van der Waals surface area (Å²) < 4.78 is 29.3. The van der Waals surface area contributed by atoms with Crippen LogP contribution in [0.1, 0.15) is 34.5 Å². The fraction of sp³-hybridized carbons (Fsp3) is 0.292. The Labute approximate surface area is 195 Å². The van der Waals surface area contributed by atoms with Crippen LogP contribution in [0.15, 0.2) is 48.5 Å². The third kappa shape index (κ3) is 4.91. The van der Waals surface area contributed by atoms with Gasteiger partial charge in [-0.05, 0) is 29.8 Å². The molecule has 0 unspecified atom stereocenters. The van der Waals surface area contributed by atoms with Crippen molar-refractivity contribution < 1.29 is 18.4 Å². The average molecular weight is 469 g/mol. The molecule has 1 saturated heterocycles. The number of rotatable bonds is 7. The Morgan fingerprint density at radius 2 is 1.85 bits per heavy atom. The van der Waals surface area contributed by atoms with E-state index in [0.29, 0.717) is 16.8 Å². The van der Waals surface area contributed by atoms with Crippen LogP contribution in [0, 0.1) is 5.41 Å². The van der Waals surface area contributed by atoms with Crippen LogP contribution in [0.25, 0.3) is 10.9 Å². The number of alkyl halides is 2. The monoisotopic (exact) mass is 468 g/mol. The lowest BCUT2D eigenvalue weighted by Gasteiger charge is -2.18. The first-order valence-electron chi connectivity index (χ1n) is 10.9. The first-order valence-corrected chi connectivity index (χ1v) is 10.9. The number of halogens is 2. The highest BCUT2D eigenvalue weighted by Crippen LogP contribution is 2.30. The standard InChI is InChI=1S/C24H26F2N6O2/c25-24(26)8-10-31(14-24)23(34)20-11-16-3-4-17(22(28)29)12-19(16)32(20)13-15-1-5-18(6-2-15)30-21(33)7-9-27/h1-6,11-12H,7-10,13-14,27H2,(H3,28,29)(H,30,33). The molecule has 1 fully saturated rings. The molecule has 10 heteroatoms. The van der Waals surface area contributed by atoms with E-state index in [9.17, 15) is 18.4 Å². The smallest absolute Gasteiger partial charge is 0.270 e. The summed E-state index contributed by atoms with van der Waals surface area (Å²) in [5.74, 6) is -3.65. The number of amidine groups is 1. The SMILES string of the molecule is N=C(N)c1ccc2cc(C(=O)N3CCC(F)(F)C3)n(Cc3ccc(NC(=O)CCN)cc3)c2c1. The third-order valence-corrected chi connectivity index (χ3v) is 5.84. The average Bonchev–Trinajstić information content (AvgIpc) is 3.34. The van der Waals surface area contributed by atoms with Gasteiger partial charge in [-0.25, -0.2) is 8.78 Å². The van der Waals surface area contributed by atoms with Gasteiger partial charge in [-0.1, -0.05) is 24.3 Å². The summed E-state index contributed by atoms with van der Waals surface area (Å²) in [5.41, 5.74) is 14.0. The van der Waals surface area contributed by atoms with Crippen LogP contribution in [0.4, 0.5) is 14.5 Å². The van der Waals surface area contributed by atoms with E-state index < -0.39 is 18.4 Å². The quantitative estimate of drug-likeness (QED) is 0.314. The second-order valence-electron chi connectivity index (χ2n) is 8.42. The van der Waals surface area contributed by atoms with Crippen molar-refractivity contribution in [1.82, 2.24) is 9.47 Å². The molecule has 1 aliphatic rings. The van der Waals surface area contributed by atoms with Crippen LogP contribution < -0.4 is 16.8 Å². The van der Waals surface area contributed by atoms with Gasteiger partial charge in [0.05, 0.1) is 6.54 Å². The van der Waals surface area contributed by atoms with Crippen molar-refractivity contribution in [1.29, 1.82) is 5.41 Å². The van der Waals surface area contributed by atoms with Gasteiger partial charge in [-0.15, -0.1) is 0 Å². The summed E-state index contributed by atoms with van der Waals surface area (Å²) in [6, 6.07) is 14.0. The normalized spacial score (nSPS) is 15.0. The van der Waals surface area contributed by atoms with E-state index in [0.717, 1.165) is 10.9 Å². The molecule has 2 aromatic carbocycles. The van der Waals surface area contributed by atoms with E-state index in [1.165, 1.54) is 4.90 Å². The van der Waals surface area contributed by atoms with E-state index in [1.54, 1.807) is 41.0 Å². The van der Waals surface area contributed by atoms with Crippen LogP contribution in [0.3, 0.4) is 0 Å².